The van der Waals surface area contributed by atoms with E-state index in [-0.39, 0.29) is 61.8 Å². The number of primary amides is 1. The first-order chi connectivity index (χ1) is 15.9. The highest BCUT2D eigenvalue weighted by atomic mass is 16.9. The third-order valence-electron chi connectivity index (χ3n) is 5.07. The molecule has 0 aromatic heterocycles. The number of nitrogens with two attached hydrogens (primary N) is 2. The summed E-state index contributed by atoms with van der Waals surface area (Å²) in [6.45, 7) is 1.72. The Morgan fingerprint density at radius 2 is 1.71 bits per heavy atom. The molecule has 0 radical (unpaired) electrons. The van der Waals surface area contributed by atoms with E-state index in [2.05, 4.69) is 4.84 Å². The van der Waals surface area contributed by atoms with Crippen molar-refractivity contribution in [2.75, 3.05) is 12.3 Å². The number of aliphatic hydroxyl groups excluding tert-OH is 2. The van der Waals surface area contributed by atoms with Gasteiger partial charge in [0.2, 0.25) is 0 Å². The number of nitrogen functional groups attached to an aromatic ring is 1. The van der Waals surface area contributed by atoms with Crippen LogP contribution in [0.15, 0.2) is 12.1 Å². The first-order valence-electron chi connectivity index (χ1n) is 10.7. The fraction of sp³-hybridized carbons (Fsp3) is 0.571. The van der Waals surface area contributed by atoms with E-state index >= 15 is 0 Å². The normalized spacial score (nSPS) is 13.5. The van der Waals surface area contributed by atoms with E-state index in [1.54, 1.807) is 6.92 Å². The molecule has 0 bridgehead atoms. The number of ether oxygens (including phenoxy) is 1. The van der Waals surface area contributed by atoms with E-state index in [0.29, 0.717) is 12.8 Å². The SMILES string of the molecule is CC(CCCC(=O)CCC(O)C(O)CCC(=O)Oc1ccc(N)c(O)c1C(N)=O)CO[N+](=O)[O-]. The molecular formula is C21H31N3O10. The summed E-state index contributed by atoms with van der Waals surface area (Å²) in [4.78, 5) is 49.9. The molecule has 0 saturated heterocycles. The molecule has 0 spiro atoms. The molecule has 34 heavy (non-hydrogen) atoms. The second-order valence-corrected chi connectivity index (χ2v) is 7.98. The van der Waals surface area contributed by atoms with Gasteiger partial charge in [0.1, 0.15) is 17.1 Å². The Labute approximate surface area is 195 Å². The number of benzene rings is 1. The maximum Gasteiger partial charge on any atom is 0.311 e. The Bertz CT molecular complexity index is 877. The van der Waals surface area contributed by atoms with Gasteiger partial charge in [-0.3, -0.25) is 14.4 Å². The third kappa shape index (κ3) is 10.0. The molecule has 0 fully saturated rings. The molecule has 13 heteroatoms. The lowest BCUT2D eigenvalue weighted by atomic mass is 9.99. The average Bonchev–Trinajstić information content (AvgIpc) is 2.76. The van der Waals surface area contributed by atoms with Crippen LogP contribution in [0.2, 0.25) is 0 Å². The van der Waals surface area contributed by atoms with Crippen molar-refractivity contribution in [3.8, 4) is 11.5 Å². The van der Waals surface area contributed by atoms with Crippen molar-refractivity contribution < 1.29 is 44.4 Å². The number of amides is 1. The average molecular weight is 485 g/mol. The van der Waals surface area contributed by atoms with Crippen molar-refractivity contribution in [2.24, 2.45) is 11.7 Å². The van der Waals surface area contributed by atoms with Crippen molar-refractivity contribution in [3.05, 3.63) is 27.8 Å². The Kier molecular flexibility index (Phi) is 11.7. The van der Waals surface area contributed by atoms with Gasteiger partial charge in [0.05, 0.1) is 24.5 Å². The Balaban J connectivity index is 2.37. The Morgan fingerprint density at radius 1 is 1.09 bits per heavy atom. The maximum absolute atomic E-state index is 12.1. The number of esters is 1. The number of hydrogen-bond donors (Lipinski definition) is 5. The van der Waals surface area contributed by atoms with Gasteiger partial charge in [-0.1, -0.05) is 6.92 Å². The number of hydrogen-bond acceptors (Lipinski definition) is 11. The van der Waals surface area contributed by atoms with Gasteiger partial charge in [0, 0.05) is 19.3 Å². The minimum Gasteiger partial charge on any atom is -0.505 e. The van der Waals surface area contributed by atoms with Gasteiger partial charge in [-0.2, -0.15) is 0 Å². The third-order valence-corrected chi connectivity index (χ3v) is 5.07. The van der Waals surface area contributed by atoms with Crippen LogP contribution in [0.3, 0.4) is 0 Å². The Morgan fingerprint density at radius 3 is 2.29 bits per heavy atom. The predicted molar refractivity (Wildman–Crippen MR) is 118 cm³/mol. The van der Waals surface area contributed by atoms with Crippen molar-refractivity contribution in [1.29, 1.82) is 0 Å². The molecule has 190 valence electrons. The summed E-state index contributed by atoms with van der Waals surface area (Å²) in [5, 5.41) is 39.2. The van der Waals surface area contributed by atoms with Crippen LogP contribution in [-0.4, -0.2) is 56.9 Å². The van der Waals surface area contributed by atoms with Crippen molar-refractivity contribution in [3.63, 3.8) is 0 Å². The highest BCUT2D eigenvalue weighted by Gasteiger charge is 2.22. The van der Waals surface area contributed by atoms with Crippen LogP contribution in [0.1, 0.15) is 62.2 Å². The molecule has 3 atom stereocenters. The van der Waals surface area contributed by atoms with Gasteiger partial charge >= 0.3 is 5.97 Å². The molecule has 1 rings (SSSR count). The second-order valence-electron chi connectivity index (χ2n) is 7.98. The summed E-state index contributed by atoms with van der Waals surface area (Å²) in [6.07, 6.45) is -1.71. The summed E-state index contributed by atoms with van der Waals surface area (Å²) in [7, 11) is 0. The molecule has 7 N–H and O–H groups in total. The molecule has 1 aromatic carbocycles. The highest BCUT2D eigenvalue weighted by Crippen LogP contribution is 2.33. The molecule has 0 aliphatic rings. The Hall–Kier alpha value is -3.45. The lowest BCUT2D eigenvalue weighted by Crippen LogP contribution is -2.28. The van der Waals surface area contributed by atoms with Crippen LogP contribution in [0.25, 0.3) is 0 Å². The van der Waals surface area contributed by atoms with Crippen LogP contribution in [0.4, 0.5) is 5.69 Å². The number of phenols is 1. The lowest BCUT2D eigenvalue weighted by molar-refractivity contribution is -0.759. The van der Waals surface area contributed by atoms with E-state index in [4.69, 9.17) is 16.2 Å². The van der Waals surface area contributed by atoms with Gasteiger partial charge in [-0.05, 0) is 43.7 Å². The molecule has 0 aliphatic heterocycles. The van der Waals surface area contributed by atoms with Crippen LogP contribution in [0, 0.1) is 16.0 Å². The van der Waals surface area contributed by atoms with E-state index in [1.807, 2.05) is 0 Å². The fourth-order valence-corrected chi connectivity index (χ4v) is 3.09. The van der Waals surface area contributed by atoms with Crippen molar-refractivity contribution >= 4 is 23.3 Å². The second kappa shape index (κ2) is 14.0. The van der Waals surface area contributed by atoms with Gasteiger partial charge in [0.15, 0.2) is 5.75 Å². The number of anilines is 1. The van der Waals surface area contributed by atoms with Gasteiger partial charge < -0.3 is 36.4 Å². The minimum absolute atomic E-state index is 0.00725. The number of Topliss-reactive ketones (excluding diaryl/α,β-unsaturated/α-hetero) is 1. The fourth-order valence-electron chi connectivity index (χ4n) is 3.09. The molecule has 1 aromatic rings. The number of nitrogens with zero attached hydrogens (tertiary/aromatic N) is 1. The van der Waals surface area contributed by atoms with Gasteiger partial charge in [0.25, 0.3) is 11.0 Å². The largest absolute Gasteiger partial charge is 0.505 e. The topological polar surface area (TPSA) is 226 Å². The summed E-state index contributed by atoms with van der Waals surface area (Å²) in [6, 6.07) is 2.42. The van der Waals surface area contributed by atoms with E-state index in [0.717, 1.165) is 0 Å². The number of carbonyl (C=O) groups excluding carboxylic acids is 3. The van der Waals surface area contributed by atoms with Gasteiger partial charge in [-0.15, -0.1) is 10.1 Å². The van der Waals surface area contributed by atoms with Crippen molar-refractivity contribution in [1.82, 2.24) is 0 Å². The first-order valence-corrected chi connectivity index (χ1v) is 10.7. The van der Waals surface area contributed by atoms with Crippen LogP contribution >= 0.6 is 0 Å². The molecule has 13 nitrogen and oxygen atoms in total. The number of aliphatic hydroxyl groups is 2. The molecule has 0 saturated carbocycles. The first kappa shape index (κ1) is 28.6. The zero-order valence-electron chi connectivity index (χ0n) is 18.8. The summed E-state index contributed by atoms with van der Waals surface area (Å²) >= 11 is 0. The smallest absolute Gasteiger partial charge is 0.311 e. The zero-order valence-corrected chi connectivity index (χ0v) is 18.8. The van der Waals surface area contributed by atoms with E-state index in [1.165, 1.54) is 12.1 Å². The number of ketones is 1. The minimum atomic E-state index is -1.30. The molecule has 1 amide bonds. The maximum atomic E-state index is 12.1. The molecule has 3 unspecified atom stereocenters. The predicted octanol–water partition coefficient (Wildman–Crippen LogP) is 0.845. The standard InChI is InChI=1S/C21H31N3O10/c1-12(11-33-24(31)32)3-2-4-13(25)5-7-15(26)16(27)8-10-18(28)34-17-9-6-14(22)20(29)19(17)21(23)30/h6,9,12,15-16,26-27,29H,2-5,7-8,10-11,22H2,1H3,(H2,23,30). The number of rotatable bonds is 16. The van der Waals surface area contributed by atoms with E-state index in [9.17, 15) is 39.8 Å². The zero-order chi connectivity index (χ0) is 25.8. The number of aromatic hydroxyl groups is 1. The summed E-state index contributed by atoms with van der Waals surface area (Å²) in [5.74, 6) is -3.01. The van der Waals surface area contributed by atoms with Crippen LogP contribution in [0.5, 0.6) is 11.5 Å². The quantitative estimate of drug-likeness (QED) is 0.0550. The lowest BCUT2D eigenvalue weighted by Gasteiger charge is -2.17. The summed E-state index contributed by atoms with van der Waals surface area (Å²) < 4.78 is 5.02. The van der Waals surface area contributed by atoms with Crippen molar-refractivity contribution in [2.45, 2.75) is 64.1 Å². The monoisotopic (exact) mass is 485 g/mol. The summed E-state index contributed by atoms with van der Waals surface area (Å²) in [5.41, 5.74) is 10.1. The van der Waals surface area contributed by atoms with Crippen LogP contribution < -0.4 is 16.2 Å². The van der Waals surface area contributed by atoms with Gasteiger partial charge in [-0.25, -0.2) is 0 Å². The number of carbonyl (C=O) groups is 3. The molecular weight excluding hydrogens is 454 g/mol. The molecule has 0 heterocycles. The van der Waals surface area contributed by atoms with Crippen LogP contribution in [-0.2, 0) is 14.4 Å². The highest BCUT2D eigenvalue weighted by molar-refractivity contribution is 6.00. The molecule has 0 aliphatic carbocycles. The van der Waals surface area contributed by atoms with E-state index < -0.39 is 40.5 Å².